The molecular weight excluding hydrogens is 378 g/mol. The molecule has 0 radical (unpaired) electrons. The maximum atomic E-state index is 12.4. The molecule has 1 N–H and O–H groups in total. The molecule has 3 rings (SSSR count). The number of nitrogens with zero attached hydrogens (tertiary/aromatic N) is 2. The summed E-state index contributed by atoms with van der Waals surface area (Å²) in [6.07, 6.45) is -1.17. The molecule has 1 amide bonds. The molecule has 1 aromatic heterocycles. The van der Waals surface area contributed by atoms with Crippen molar-refractivity contribution in [2.75, 3.05) is 12.4 Å². The van der Waals surface area contributed by atoms with Crippen LogP contribution in [0.2, 0.25) is 0 Å². The minimum absolute atomic E-state index is 0.0660. The summed E-state index contributed by atoms with van der Waals surface area (Å²) < 4.78 is 10.3. The molecule has 0 spiro atoms. The van der Waals surface area contributed by atoms with Gasteiger partial charge in [-0.3, -0.25) is 14.9 Å². The van der Waals surface area contributed by atoms with Crippen LogP contribution in [0.15, 0.2) is 54.6 Å². The van der Waals surface area contributed by atoms with Crippen LogP contribution in [0.3, 0.4) is 0 Å². The first-order valence-corrected chi connectivity index (χ1v) is 8.59. The Balaban J connectivity index is 1.72. The Kier molecular flexibility index (Phi) is 5.68. The van der Waals surface area contributed by atoms with Gasteiger partial charge in [-0.15, -0.1) is 0 Å². The van der Waals surface area contributed by atoms with Crippen molar-refractivity contribution in [1.29, 1.82) is 0 Å². The highest BCUT2D eigenvalue weighted by molar-refractivity contribution is 5.98. The summed E-state index contributed by atoms with van der Waals surface area (Å²) in [6, 6.07) is 14.3. The number of anilines is 1. The van der Waals surface area contributed by atoms with Gasteiger partial charge < -0.3 is 14.8 Å². The van der Waals surface area contributed by atoms with Crippen LogP contribution in [-0.4, -0.2) is 35.0 Å². The Morgan fingerprint density at radius 3 is 2.62 bits per heavy atom. The highest BCUT2D eigenvalue weighted by atomic mass is 16.6. The first-order valence-electron chi connectivity index (χ1n) is 8.59. The summed E-state index contributed by atoms with van der Waals surface area (Å²) in [5, 5.41) is 14.3. The van der Waals surface area contributed by atoms with E-state index in [9.17, 15) is 19.7 Å². The molecular formula is C20H17N3O6. The zero-order valence-corrected chi connectivity index (χ0v) is 15.6. The van der Waals surface area contributed by atoms with E-state index in [1.54, 1.807) is 18.2 Å². The van der Waals surface area contributed by atoms with Crippen molar-refractivity contribution in [3.05, 3.63) is 70.4 Å². The quantitative estimate of drug-likeness (QED) is 0.386. The van der Waals surface area contributed by atoms with E-state index in [2.05, 4.69) is 10.3 Å². The summed E-state index contributed by atoms with van der Waals surface area (Å²) >= 11 is 0. The van der Waals surface area contributed by atoms with Crippen LogP contribution in [0.25, 0.3) is 10.9 Å². The van der Waals surface area contributed by atoms with Gasteiger partial charge in [0.2, 0.25) is 0 Å². The third-order valence-corrected chi connectivity index (χ3v) is 4.11. The summed E-state index contributed by atoms with van der Waals surface area (Å²) in [4.78, 5) is 39.3. The van der Waals surface area contributed by atoms with Gasteiger partial charge in [-0.05, 0) is 25.1 Å². The Labute approximate surface area is 165 Å². The Bertz CT molecular complexity index is 1100. The second kappa shape index (κ2) is 8.34. The lowest BCUT2D eigenvalue weighted by Gasteiger charge is -2.15. The Morgan fingerprint density at radius 1 is 1.14 bits per heavy atom. The van der Waals surface area contributed by atoms with E-state index in [0.29, 0.717) is 5.52 Å². The van der Waals surface area contributed by atoms with E-state index < -0.39 is 22.9 Å². The number of para-hydroxylation sites is 1. The number of carbonyl (C=O) groups excluding carboxylic acids is 2. The molecule has 0 fully saturated rings. The number of pyridine rings is 1. The zero-order valence-electron chi connectivity index (χ0n) is 15.6. The number of rotatable bonds is 6. The second-order valence-electron chi connectivity index (χ2n) is 6.07. The standard InChI is InChI=1S/C20H17N3O6/c1-12(19(24)22-17-11-14(23(26)27)8-10-18(17)28-2)29-20(25)16-9-7-13-5-3-4-6-15(13)21-16/h3-12H,1-2H3,(H,22,24)/t12-/m1/s1. The number of aromatic nitrogens is 1. The van der Waals surface area contributed by atoms with E-state index in [4.69, 9.17) is 9.47 Å². The molecule has 1 atom stereocenters. The van der Waals surface area contributed by atoms with Crippen molar-refractivity contribution in [2.45, 2.75) is 13.0 Å². The van der Waals surface area contributed by atoms with Gasteiger partial charge in [0.1, 0.15) is 11.4 Å². The molecule has 29 heavy (non-hydrogen) atoms. The van der Waals surface area contributed by atoms with Gasteiger partial charge in [0.05, 0.1) is 23.2 Å². The van der Waals surface area contributed by atoms with Crippen molar-refractivity contribution in [2.24, 2.45) is 0 Å². The number of methoxy groups -OCH3 is 1. The molecule has 0 bridgehead atoms. The monoisotopic (exact) mass is 395 g/mol. The minimum atomic E-state index is -1.17. The average Bonchev–Trinajstić information content (AvgIpc) is 2.73. The van der Waals surface area contributed by atoms with E-state index in [0.717, 1.165) is 11.5 Å². The van der Waals surface area contributed by atoms with Crippen molar-refractivity contribution < 1.29 is 24.0 Å². The largest absolute Gasteiger partial charge is 0.495 e. The highest BCUT2D eigenvalue weighted by Gasteiger charge is 2.22. The van der Waals surface area contributed by atoms with Gasteiger partial charge in [-0.1, -0.05) is 24.3 Å². The fourth-order valence-electron chi connectivity index (χ4n) is 2.60. The van der Waals surface area contributed by atoms with Gasteiger partial charge >= 0.3 is 5.97 Å². The first-order chi connectivity index (χ1) is 13.9. The molecule has 0 aliphatic carbocycles. The number of amides is 1. The number of nitro groups is 1. The Morgan fingerprint density at radius 2 is 1.90 bits per heavy atom. The molecule has 9 nitrogen and oxygen atoms in total. The maximum absolute atomic E-state index is 12.4. The smallest absolute Gasteiger partial charge is 0.357 e. The number of hydrogen-bond acceptors (Lipinski definition) is 7. The molecule has 0 unspecified atom stereocenters. The number of ether oxygens (including phenoxy) is 2. The molecule has 0 saturated carbocycles. The van der Waals surface area contributed by atoms with Gasteiger partial charge in [0.25, 0.3) is 11.6 Å². The number of benzene rings is 2. The molecule has 1 heterocycles. The third-order valence-electron chi connectivity index (χ3n) is 4.11. The fraction of sp³-hybridized carbons (Fsp3) is 0.150. The van der Waals surface area contributed by atoms with Crippen LogP contribution in [0.5, 0.6) is 5.75 Å². The van der Waals surface area contributed by atoms with Gasteiger partial charge in [0.15, 0.2) is 6.10 Å². The number of esters is 1. The van der Waals surface area contributed by atoms with Crippen LogP contribution >= 0.6 is 0 Å². The number of hydrogen-bond donors (Lipinski definition) is 1. The molecule has 0 aliphatic heterocycles. The summed E-state index contributed by atoms with van der Waals surface area (Å²) in [6.45, 7) is 1.39. The highest BCUT2D eigenvalue weighted by Crippen LogP contribution is 2.29. The summed E-state index contributed by atoms with van der Waals surface area (Å²) in [5.41, 5.74) is 0.571. The maximum Gasteiger partial charge on any atom is 0.357 e. The molecule has 3 aromatic rings. The van der Waals surface area contributed by atoms with Crippen molar-refractivity contribution in [3.63, 3.8) is 0 Å². The van der Waals surface area contributed by atoms with Crippen LogP contribution in [0.1, 0.15) is 17.4 Å². The van der Waals surface area contributed by atoms with Crippen molar-refractivity contribution in [3.8, 4) is 5.75 Å². The number of carbonyl (C=O) groups is 2. The van der Waals surface area contributed by atoms with Crippen LogP contribution in [0, 0.1) is 10.1 Å². The SMILES string of the molecule is COc1ccc([N+](=O)[O-])cc1NC(=O)[C@@H](C)OC(=O)c1ccc2ccccc2n1. The molecule has 0 aliphatic rings. The predicted molar refractivity (Wildman–Crippen MR) is 105 cm³/mol. The predicted octanol–water partition coefficient (Wildman–Crippen LogP) is 3.34. The van der Waals surface area contributed by atoms with E-state index in [1.165, 1.54) is 32.2 Å². The minimum Gasteiger partial charge on any atom is -0.495 e. The molecule has 2 aromatic carbocycles. The van der Waals surface area contributed by atoms with Gasteiger partial charge in [-0.2, -0.15) is 0 Å². The van der Waals surface area contributed by atoms with Crippen LogP contribution < -0.4 is 10.1 Å². The number of fused-ring (bicyclic) bond motifs is 1. The van der Waals surface area contributed by atoms with Gasteiger partial charge in [0, 0.05) is 17.5 Å². The van der Waals surface area contributed by atoms with Crippen molar-refractivity contribution >= 4 is 34.2 Å². The average molecular weight is 395 g/mol. The lowest BCUT2D eigenvalue weighted by molar-refractivity contribution is -0.384. The number of nitrogens with one attached hydrogen (secondary N) is 1. The number of nitro benzene ring substituents is 1. The lowest BCUT2D eigenvalue weighted by Crippen LogP contribution is -2.30. The number of non-ortho nitro benzene ring substituents is 1. The Hall–Kier alpha value is -4.01. The van der Waals surface area contributed by atoms with Crippen LogP contribution in [0.4, 0.5) is 11.4 Å². The topological polar surface area (TPSA) is 121 Å². The fourth-order valence-corrected chi connectivity index (χ4v) is 2.60. The summed E-state index contributed by atoms with van der Waals surface area (Å²) in [5.74, 6) is -1.19. The van der Waals surface area contributed by atoms with E-state index in [1.807, 2.05) is 12.1 Å². The zero-order chi connectivity index (χ0) is 21.0. The normalized spacial score (nSPS) is 11.5. The van der Waals surface area contributed by atoms with Crippen LogP contribution in [-0.2, 0) is 9.53 Å². The molecule has 0 saturated heterocycles. The molecule has 9 heteroatoms. The summed E-state index contributed by atoms with van der Waals surface area (Å²) in [7, 11) is 1.37. The van der Waals surface area contributed by atoms with E-state index in [-0.39, 0.29) is 22.8 Å². The lowest BCUT2D eigenvalue weighted by atomic mass is 10.2. The first kappa shape index (κ1) is 19.7. The van der Waals surface area contributed by atoms with Gasteiger partial charge in [-0.25, -0.2) is 9.78 Å². The molecule has 148 valence electrons. The second-order valence-corrected chi connectivity index (χ2v) is 6.07. The third kappa shape index (κ3) is 4.46. The van der Waals surface area contributed by atoms with Crippen molar-refractivity contribution in [1.82, 2.24) is 4.98 Å². The van der Waals surface area contributed by atoms with E-state index >= 15 is 0 Å².